The zero-order valence-electron chi connectivity index (χ0n) is 26.4. The third kappa shape index (κ3) is 22.7. The molecule has 1 aromatic rings. The van der Waals surface area contributed by atoms with Crippen molar-refractivity contribution in [3.05, 3.63) is 32.9 Å². The predicted molar refractivity (Wildman–Crippen MR) is 157 cm³/mol. The van der Waals surface area contributed by atoms with Crippen LogP contribution < -0.4 is 32.9 Å². The first-order valence-corrected chi connectivity index (χ1v) is 14.9. The van der Waals surface area contributed by atoms with Gasteiger partial charge >= 0.3 is 26.8 Å². The van der Waals surface area contributed by atoms with Crippen LogP contribution in [0.2, 0.25) is 0 Å². The third-order valence-electron chi connectivity index (χ3n) is 7.06. The number of aromatic amines is 2. The summed E-state index contributed by atoms with van der Waals surface area (Å²) in [7, 11) is 0. The minimum atomic E-state index is -1.00. The first kappa shape index (κ1) is 44.6. The molecule has 0 unspecified atom stereocenters. The molecule has 10 nitrogen and oxygen atoms in total. The average molecular weight is 782 g/mol. The molecule has 1 aliphatic rings. The van der Waals surface area contributed by atoms with Gasteiger partial charge in [0.05, 0.1) is 0 Å². The van der Waals surface area contributed by atoms with Crippen LogP contribution >= 0.6 is 0 Å². The molecule has 0 spiro atoms. The summed E-state index contributed by atoms with van der Waals surface area (Å²) in [6.45, 7) is 11.2. The smallest absolute Gasteiger partial charge is 0.550 e. The Labute approximate surface area is 265 Å². The van der Waals surface area contributed by atoms with E-state index in [0.717, 1.165) is 51.4 Å². The predicted octanol–water partition coefficient (Wildman–Crippen LogP) is 2.88. The summed E-state index contributed by atoms with van der Waals surface area (Å²) >= 11 is 0. The van der Waals surface area contributed by atoms with Crippen LogP contribution in [-0.2, 0) is 30.7 Å². The second-order valence-corrected chi connectivity index (χ2v) is 12.0. The molecule has 0 aliphatic heterocycles. The molecule has 2 rings (SSSR count). The second kappa shape index (κ2) is 24.6. The molecular formula is C30H55FN4O6Pt. The number of carbonyl (C=O) groups excluding carboxylic acids is 2. The largest absolute Gasteiger partial charge is 2.00 e. The molecule has 2 atom stereocenters. The van der Waals surface area contributed by atoms with Crippen LogP contribution in [0.25, 0.3) is 0 Å². The standard InChI is InChI=1S/2C10H20O2.C6H14N2.C4H3FN2O2.Pt/c2*1-4-5-6-7-8-10(2,3)9(11)12;7-5-3-1-2-4-6(5)8;5-2-1-6-4(9)7-3(2)8;/h2*4-8H2,1-3H3,(H,11,12);5-6H,1-4,7-8H2;1H,(H2,6,7,8,9);/q;;;;+2/p-2/t;;5-,6-;;/m..1../s1. The van der Waals surface area contributed by atoms with E-state index in [1.54, 1.807) is 32.7 Å². The molecule has 0 amide bonds. The molecule has 1 saturated carbocycles. The van der Waals surface area contributed by atoms with E-state index in [0.29, 0.717) is 6.20 Å². The number of carbonyl (C=O) groups is 2. The van der Waals surface area contributed by atoms with E-state index in [4.69, 9.17) is 11.5 Å². The van der Waals surface area contributed by atoms with Crippen LogP contribution in [-0.4, -0.2) is 34.0 Å². The maximum absolute atomic E-state index is 12.0. The number of hydrogen-bond donors (Lipinski definition) is 4. The number of rotatable bonds is 12. The van der Waals surface area contributed by atoms with Gasteiger partial charge in [-0.05, 0) is 25.7 Å². The molecular weight excluding hydrogens is 726 g/mol. The number of unbranched alkanes of at least 4 members (excludes halogenated alkanes) is 6. The zero-order valence-corrected chi connectivity index (χ0v) is 28.7. The minimum absolute atomic E-state index is 0. The van der Waals surface area contributed by atoms with Gasteiger partial charge in [-0.25, -0.2) is 4.79 Å². The van der Waals surface area contributed by atoms with Crippen LogP contribution in [0.5, 0.6) is 0 Å². The summed E-state index contributed by atoms with van der Waals surface area (Å²) in [4.78, 5) is 45.2. The van der Waals surface area contributed by atoms with Crippen molar-refractivity contribution in [3.8, 4) is 0 Å². The minimum Gasteiger partial charge on any atom is -0.550 e. The molecule has 0 aromatic carbocycles. The number of aromatic nitrogens is 2. The van der Waals surface area contributed by atoms with Gasteiger partial charge in [-0.15, -0.1) is 0 Å². The molecule has 1 heterocycles. The summed E-state index contributed by atoms with van der Waals surface area (Å²) in [6, 6.07) is 0.562. The second-order valence-electron chi connectivity index (χ2n) is 12.0. The Kier molecular flexibility index (Phi) is 26.1. The number of carboxylic acids is 2. The van der Waals surface area contributed by atoms with Gasteiger partial charge in [-0.3, -0.25) is 9.78 Å². The Morgan fingerprint density at radius 1 is 0.833 bits per heavy atom. The van der Waals surface area contributed by atoms with Crippen molar-refractivity contribution in [1.29, 1.82) is 0 Å². The summed E-state index contributed by atoms with van der Waals surface area (Å²) in [5.74, 6) is -2.85. The zero-order chi connectivity index (χ0) is 32.1. The average Bonchev–Trinajstić information content (AvgIpc) is 2.90. The molecule has 0 saturated heterocycles. The Hall–Kier alpha value is -1.84. The summed E-state index contributed by atoms with van der Waals surface area (Å²) < 4.78 is 12.0. The van der Waals surface area contributed by atoms with Gasteiger partial charge in [0, 0.05) is 41.0 Å². The number of carboxylic acid groups (broad SMARTS) is 2. The summed E-state index contributed by atoms with van der Waals surface area (Å²) in [5, 5.41) is 21.1. The van der Waals surface area contributed by atoms with Crippen LogP contribution in [0.15, 0.2) is 15.8 Å². The number of hydrogen-bond acceptors (Lipinski definition) is 8. The third-order valence-corrected chi connectivity index (χ3v) is 7.06. The van der Waals surface area contributed by atoms with Gasteiger partial charge < -0.3 is 36.3 Å². The Balaban J connectivity index is -0.000000484. The fourth-order valence-corrected chi connectivity index (χ4v) is 3.77. The van der Waals surface area contributed by atoms with Gasteiger partial charge in [0.15, 0.2) is 0 Å². The summed E-state index contributed by atoms with van der Waals surface area (Å²) in [5.41, 5.74) is 8.31. The van der Waals surface area contributed by atoms with Crippen LogP contribution in [0, 0.1) is 16.6 Å². The van der Waals surface area contributed by atoms with Crippen molar-refractivity contribution in [2.24, 2.45) is 22.3 Å². The monoisotopic (exact) mass is 781 g/mol. The van der Waals surface area contributed by atoms with Gasteiger partial charge in [0.25, 0.3) is 5.56 Å². The molecule has 1 aromatic heterocycles. The topological polar surface area (TPSA) is 198 Å². The van der Waals surface area contributed by atoms with Crippen molar-refractivity contribution in [1.82, 2.24) is 9.97 Å². The fourth-order valence-electron chi connectivity index (χ4n) is 3.77. The molecule has 42 heavy (non-hydrogen) atoms. The molecule has 6 N–H and O–H groups in total. The molecule has 1 fully saturated rings. The number of nitrogens with one attached hydrogen (secondary N) is 2. The van der Waals surface area contributed by atoms with E-state index < -0.39 is 39.8 Å². The quantitative estimate of drug-likeness (QED) is 0.232. The van der Waals surface area contributed by atoms with Crippen LogP contribution in [0.4, 0.5) is 4.39 Å². The summed E-state index contributed by atoms with van der Waals surface area (Å²) in [6.07, 6.45) is 16.0. The van der Waals surface area contributed by atoms with E-state index in [2.05, 4.69) is 13.8 Å². The fraction of sp³-hybridized carbons (Fsp3) is 0.800. The van der Waals surface area contributed by atoms with E-state index in [1.807, 2.05) is 4.98 Å². The van der Waals surface area contributed by atoms with Gasteiger partial charge in [0.1, 0.15) is 0 Å². The van der Waals surface area contributed by atoms with Crippen molar-refractivity contribution in [2.75, 3.05) is 0 Å². The van der Waals surface area contributed by atoms with Crippen molar-refractivity contribution in [3.63, 3.8) is 0 Å². The molecule has 248 valence electrons. The first-order chi connectivity index (χ1) is 19.0. The SMILES string of the molecule is CCCCCCC(C)(C)C(=O)[O-].CCCCCCC(C)(C)C(=O)[O-].N[C@@H]1CCCC[C@H]1N.O=c1[nH]cc(F)c(=O)[nH]1.[Pt+2]. The Morgan fingerprint density at radius 2 is 1.21 bits per heavy atom. The van der Waals surface area contributed by atoms with E-state index in [9.17, 15) is 33.8 Å². The van der Waals surface area contributed by atoms with Crippen molar-refractivity contribution >= 4 is 11.9 Å². The maximum Gasteiger partial charge on any atom is 2.00 e. The van der Waals surface area contributed by atoms with Crippen molar-refractivity contribution < 1.29 is 45.3 Å². The van der Waals surface area contributed by atoms with Gasteiger partial charge in [-0.1, -0.05) is 106 Å². The molecule has 1 aliphatic carbocycles. The molecule has 0 bridgehead atoms. The van der Waals surface area contributed by atoms with Crippen LogP contribution in [0.3, 0.4) is 0 Å². The van der Waals surface area contributed by atoms with E-state index in [-0.39, 0.29) is 33.1 Å². The maximum atomic E-state index is 12.0. The van der Waals surface area contributed by atoms with Gasteiger partial charge in [0.2, 0.25) is 5.82 Å². The Bertz CT molecular complexity index is 924. The first-order valence-electron chi connectivity index (χ1n) is 14.9. The number of halogens is 1. The number of nitrogens with two attached hydrogens (primary N) is 2. The Morgan fingerprint density at radius 3 is 1.48 bits per heavy atom. The van der Waals surface area contributed by atoms with Gasteiger partial charge in [-0.2, -0.15) is 4.39 Å². The number of aliphatic carboxylic acids is 2. The van der Waals surface area contributed by atoms with Crippen LogP contribution in [0.1, 0.15) is 131 Å². The molecule has 12 heteroatoms. The van der Waals surface area contributed by atoms with E-state index in [1.165, 1.54) is 38.5 Å². The van der Waals surface area contributed by atoms with Crippen molar-refractivity contribution in [2.45, 2.75) is 144 Å². The molecule has 0 radical (unpaired) electrons. The normalized spacial score (nSPS) is 16.2. The number of H-pyrrole nitrogens is 2. The van der Waals surface area contributed by atoms with E-state index >= 15 is 0 Å².